The van der Waals surface area contributed by atoms with Crippen molar-refractivity contribution in [1.82, 2.24) is 0 Å². The molecule has 6 N–H and O–H groups in total. The molecule has 6 nitrogen and oxygen atoms in total. The van der Waals surface area contributed by atoms with Crippen molar-refractivity contribution in [3.05, 3.63) is 24.3 Å². The van der Waals surface area contributed by atoms with Gasteiger partial charge in [-0.1, -0.05) is 6.07 Å². The lowest BCUT2D eigenvalue weighted by Crippen LogP contribution is -1.87. The van der Waals surface area contributed by atoms with Gasteiger partial charge in [0.2, 0.25) is 0 Å². The monoisotopic (exact) mass is 200 g/mol. The van der Waals surface area contributed by atoms with Crippen LogP contribution in [0.25, 0.3) is 0 Å². The minimum absolute atomic E-state index is 0.713. The third-order valence-electron chi connectivity index (χ3n) is 0.911. The Labute approximate surface area is 80.8 Å². The number of hydrogen-bond donors (Lipinski definition) is 4. The van der Waals surface area contributed by atoms with Crippen molar-refractivity contribution in [1.29, 1.82) is 0 Å². The van der Waals surface area contributed by atoms with Crippen molar-refractivity contribution in [2.24, 2.45) is 0 Å². The standard InChI is InChI=1S/C6H8N2.CH2O3.CH2O/c7-5-2-1-3-6(8)4-5;2-1(3)4;1-2/h1-4H,7-8H2;(H2,2,3,4);1H2. The van der Waals surface area contributed by atoms with E-state index in [-0.39, 0.29) is 0 Å². The highest BCUT2D eigenvalue weighted by atomic mass is 16.6. The highest BCUT2D eigenvalue weighted by molar-refractivity contribution is 5.53. The zero-order valence-corrected chi connectivity index (χ0v) is 7.38. The Bertz CT molecular complexity index is 257. The first-order chi connectivity index (χ1) is 6.52. The van der Waals surface area contributed by atoms with Crippen molar-refractivity contribution in [3.8, 4) is 0 Å². The molecule has 0 spiro atoms. The molecule has 0 radical (unpaired) electrons. The van der Waals surface area contributed by atoms with Crippen LogP contribution in [-0.2, 0) is 4.79 Å². The van der Waals surface area contributed by atoms with E-state index in [2.05, 4.69) is 0 Å². The van der Waals surface area contributed by atoms with Crippen LogP contribution in [0.3, 0.4) is 0 Å². The molecule has 0 atom stereocenters. The Hall–Kier alpha value is -2.24. The lowest BCUT2D eigenvalue weighted by atomic mass is 10.3. The van der Waals surface area contributed by atoms with Crippen LogP contribution in [-0.4, -0.2) is 23.2 Å². The molecular formula is C8H12N2O4. The quantitative estimate of drug-likeness (QED) is 0.460. The van der Waals surface area contributed by atoms with E-state index in [1.54, 1.807) is 18.2 Å². The number of hydrogen-bond acceptors (Lipinski definition) is 4. The molecule has 0 bridgehead atoms. The minimum Gasteiger partial charge on any atom is -0.450 e. The van der Waals surface area contributed by atoms with E-state index < -0.39 is 6.16 Å². The molecule has 0 aliphatic heterocycles. The lowest BCUT2D eigenvalue weighted by Gasteiger charge is -1.91. The van der Waals surface area contributed by atoms with Gasteiger partial charge >= 0.3 is 6.16 Å². The van der Waals surface area contributed by atoms with Crippen LogP contribution >= 0.6 is 0 Å². The summed E-state index contributed by atoms with van der Waals surface area (Å²) in [6.45, 7) is 2.00. The highest BCUT2D eigenvalue weighted by Gasteiger charge is 1.81. The number of rotatable bonds is 0. The van der Waals surface area contributed by atoms with Crippen molar-refractivity contribution >= 4 is 24.3 Å². The number of anilines is 2. The topological polar surface area (TPSA) is 127 Å². The maximum absolute atomic E-state index is 8.56. The average molecular weight is 200 g/mol. The van der Waals surface area contributed by atoms with Gasteiger partial charge in [0, 0.05) is 11.4 Å². The summed E-state index contributed by atoms with van der Waals surface area (Å²) in [5, 5.41) is 13.9. The van der Waals surface area contributed by atoms with Gasteiger partial charge in [-0.3, -0.25) is 0 Å². The molecule has 14 heavy (non-hydrogen) atoms. The van der Waals surface area contributed by atoms with Crippen molar-refractivity contribution in [2.75, 3.05) is 11.5 Å². The lowest BCUT2D eigenvalue weighted by molar-refractivity contribution is -0.0980. The van der Waals surface area contributed by atoms with Gasteiger partial charge in [-0.25, -0.2) is 4.79 Å². The van der Waals surface area contributed by atoms with Crippen LogP contribution in [0.2, 0.25) is 0 Å². The molecule has 0 fully saturated rings. The third-order valence-corrected chi connectivity index (χ3v) is 0.911. The number of carbonyl (C=O) groups excluding carboxylic acids is 1. The average Bonchev–Trinajstić information content (AvgIpc) is 2.06. The Morgan fingerprint density at radius 2 is 1.43 bits per heavy atom. The first-order valence-corrected chi connectivity index (χ1v) is 3.34. The molecule has 1 rings (SSSR count). The van der Waals surface area contributed by atoms with Crippen molar-refractivity contribution < 1.29 is 19.8 Å². The summed E-state index contributed by atoms with van der Waals surface area (Å²) in [7, 11) is 0. The molecule has 0 aromatic heterocycles. The summed E-state index contributed by atoms with van der Waals surface area (Å²) >= 11 is 0. The molecule has 0 amide bonds. The van der Waals surface area contributed by atoms with Gasteiger partial charge in [0.05, 0.1) is 0 Å². The number of benzene rings is 1. The van der Waals surface area contributed by atoms with E-state index >= 15 is 0 Å². The Balaban J connectivity index is 0. The molecule has 0 unspecified atom stereocenters. The van der Waals surface area contributed by atoms with Crippen LogP contribution in [0, 0.1) is 0 Å². The second-order valence-corrected chi connectivity index (χ2v) is 1.95. The van der Waals surface area contributed by atoms with Crippen molar-refractivity contribution in [3.63, 3.8) is 0 Å². The highest BCUT2D eigenvalue weighted by Crippen LogP contribution is 2.06. The van der Waals surface area contributed by atoms with E-state index in [9.17, 15) is 0 Å². The number of nitrogens with two attached hydrogens (primary N) is 2. The van der Waals surface area contributed by atoms with Crippen molar-refractivity contribution in [2.45, 2.75) is 0 Å². The van der Waals surface area contributed by atoms with E-state index in [1.807, 2.05) is 12.9 Å². The SMILES string of the molecule is C=O.Nc1cccc(N)c1.O=C(O)O. The summed E-state index contributed by atoms with van der Waals surface area (Å²) in [5.41, 5.74) is 12.2. The largest absolute Gasteiger partial charge is 0.503 e. The number of carboxylic acid groups (broad SMARTS) is 2. The zero-order chi connectivity index (χ0) is 11.6. The van der Waals surface area contributed by atoms with Gasteiger partial charge in [-0.2, -0.15) is 0 Å². The summed E-state index contributed by atoms with van der Waals surface area (Å²) < 4.78 is 0. The van der Waals surface area contributed by atoms with Gasteiger partial charge in [0.25, 0.3) is 0 Å². The molecule has 1 aromatic rings. The van der Waals surface area contributed by atoms with Crippen LogP contribution in [0.15, 0.2) is 24.3 Å². The predicted molar refractivity (Wildman–Crippen MR) is 53.0 cm³/mol. The third kappa shape index (κ3) is 12.4. The molecular weight excluding hydrogens is 188 g/mol. The summed E-state index contributed by atoms with van der Waals surface area (Å²) in [6, 6.07) is 7.15. The molecule has 6 heteroatoms. The first-order valence-electron chi connectivity index (χ1n) is 3.34. The van der Waals surface area contributed by atoms with E-state index in [0.29, 0.717) is 11.4 Å². The molecule has 0 aliphatic rings. The Morgan fingerprint density at radius 1 is 1.14 bits per heavy atom. The van der Waals surface area contributed by atoms with E-state index in [1.165, 1.54) is 0 Å². The predicted octanol–water partition coefficient (Wildman–Crippen LogP) is 0.889. The summed E-state index contributed by atoms with van der Waals surface area (Å²) in [6.07, 6.45) is -1.83. The van der Waals surface area contributed by atoms with Gasteiger partial charge in [0.1, 0.15) is 6.79 Å². The molecule has 0 saturated heterocycles. The fourth-order valence-electron chi connectivity index (χ4n) is 0.559. The van der Waals surface area contributed by atoms with E-state index in [4.69, 9.17) is 31.3 Å². The second-order valence-electron chi connectivity index (χ2n) is 1.95. The smallest absolute Gasteiger partial charge is 0.450 e. The maximum Gasteiger partial charge on any atom is 0.503 e. The van der Waals surface area contributed by atoms with Gasteiger partial charge in [-0.05, 0) is 18.2 Å². The van der Waals surface area contributed by atoms with Gasteiger partial charge < -0.3 is 26.5 Å². The Kier molecular flexibility index (Phi) is 9.04. The minimum atomic E-state index is -1.83. The van der Waals surface area contributed by atoms with Gasteiger partial charge in [0.15, 0.2) is 0 Å². The Morgan fingerprint density at radius 3 is 1.57 bits per heavy atom. The van der Waals surface area contributed by atoms with Crippen LogP contribution in [0.1, 0.15) is 0 Å². The molecule has 78 valence electrons. The second kappa shape index (κ2) is 8.85. The molecule has 0 aliphatic carbocycles. The molecule has 0 saturated carbocycles. The summed E-state index contributed by atoms with van der Waals surface area (Å²) in [5.74, 6) is 0. The van der Waals surface area contributed by atoms with E-state index in [0.717, 1.165) is 0 Å². The fourth-order valence-corrected chi connectivity index (χ4v) is 0.559. The molecule has 1 aromatic carbocycles. The molecule has 0 heterocycles. The van der Waals surface area contributed by atoms with Crippen LogP contribution in [0.5, 0.6) is 0 Å². The fraction of sp³-hybridized carbons (Fsp3) is 0. The van der Waals surface area contributed by atoms with Crippen LogP contribution in [0.4, 0.5) is 16.2 Å². The first kappa shape index (κ1) is 14.3. The van der Waals surface area contributed by atoms with Crippen LogP contribution < -0.4 is 11.5 Å². The number of carbonyl (C=O) groups is 2. The maximum atomic E-state index is 8.56. The normalized spacial score (nSPS) is 7.14. The summed E-state index contributed by atoms with van der Waals surface area (Å²) in [4.78, 5) is 16.6. The zero-order valence-electron chi connectivity index (χ0n) is 7.38. The number of nitrogen functional groups attached to an aromatic ring is 2. The van der Waals surface area contributed by atoms with Gasteiger partial charge in [-0.15, -0.1) is 0 Å².